The molecule has 1 amide bonds. The smallest absolute Gasteiger partial charge is 0.227 e. The number of hydrogen-bond acceptors (Lipinski definition) is 3. The lowest BCUT2D eigenvalue weighted by Gasteiger charge is -2.33. The zero-order valence-corrected chi connectivity index (χ0v) is 15.3. The van der Waals surface area contributed by atoms with Crippen molar-refractivity contribution < 1.29 is 4.79 Å². The van der Waals surface area contributed by atoms with E-state index in [9.17, 15) is 4.79 Å². The minimum atomic E-state index is -0.381. The third kappa shape index (κ3) is 4.81. The van der Waals surface area contributed by atoms with Crippen molar-refractivity contribution in [1.82, 2.24) is 10.2 Å². The fraction of sp³-hybridized carbons (Fsp3) is 0.650. The van der Waals surface area contributed by atoms with Crippen LogP contribution in [0.4, 0.5) is 0 Å². The van der Waals surface area contributed by atoms with E-state index in [2.05, 4.69) is 54.4 Å². The van der Waals surface area contributed by atoms with Crippen molar-refractivity contribution in [2.45, 2.75) is 46.1 Å². The summed E-state index contributed by atoms with van der Waals surface area (Å²) in [5.41, 5.74) is 6.86. The van der Waals surface area contributed by atoms with Gasteiger partial charge in [0.15, 0.2) is 0 Å². The van der Waals surface area contributed by atoms with Crippen LogP contribution in [0.25, 0.3) is 0 Å². The topological polar surface area (TPSA) is 58.4 Å². The van der Waals surface area contributed by atoms with E-state index in [4.69, 9.17) is 5.73 Å². The average Bonchev–Trinajstić information content (AvgIpc) is 2.64. The number of carbonyl (C=O) groups excluding carboxylic acids is 1. The van der Waals surface area contributed by atoms with Gasteiger partial charge in [0.25, 0.3) is 0 Å². The van der Waals surface area contributed by atoms with Crippen molar-refractivity contribution in [2.75, 3.05) is 26.2 Å². The van der Waals surface area contributed by atoms with Crippen molar-refractivity contribution in [3.05, 3.63) is 35.9 Å². The van der Waals surface area contributed by atoms with Gasteiger partial charge in [0.1, 0.15) is 0 Å². The Balaban J connectivity index is 1.74. The van der Waals surface area contributed by atoms with E-state index in [1.165, 1.54) is 5.56 Å². The van der Waals surface area contributed by atoms with Crippen LogP contribution in [0, 0.1) is 11.3 Å². The van der Waals surface area contributed by atoms with E-state index >= 15 is 0 Å². The second kappa shape index (κ2) is 9.19. The standard InChI is InChI=1S/C20H33N3O/c1-3-20(4-2,16-21)19(24)22-14-17-10-12-23(13-11-17)15-18-8-6-5-7-9-18/h5-9,17H,3-4,10-16,21H2,1-2H3,(H,22,24). The van der Waals surface area contributed by atoms with Gasteiger partial charge in [0.2, 0.25) is 5.91 Å². The molecule has 4 heteroatoms. The number of rotatable bonds is 8. The quantitative estimate of drug-likeness (QED) is 0.770. The lowest BCUT2D eigenvalue weighted by molar-refractivity contribution is -0.131. The van der Waals surface area contributed by atoms with Crippen LogP contribution in [0.5, 0.6) is 0 Å². The maximum Gasteiger partial charge on any atom is 0.227 e. The highest BCUT2D eigenvalue weighted by atomic mass is 16.2. The maximum absolute atomic E-state index is 12.5. The van der Waals surface area contributed by atoms with E-state index < -0.39 is 0 Å². The van der Waals surface area contributed by atoms with E-state index in [0.29, 0.717) is 12.5 Å². The number of nitrogens with one attached hydrogen (secondary N) is 1. The number of hydrogen-bond donors (Lipinski definition) is 2. The van der Waals surface area contributed by atoms with Crippen LogP contribution in [0.2, 0.25) is 0 Å². The molecule has 0 aliphatic carbocycles. The number of amides is 1. The first-order valence-corrected chi connectivity index (χ1v) is 9.38. The summed E-state index contributed by atoms with van der Waals surface area (Å²) in [6, 6.07) is 10.6. The number of piperidine rings is 1. The van der Waals surface area contributed by atoms with Gasteiger partial charge in [0.05, 0.1) is 5.41 Å². The van der Waals surface area contributed by atoms with Gasteiger partial charge < -0.3 is 11.1 Å². The molecule has 1 aromatic rings. The van der Waals surface area contributed by atoms with Crippen LogP contribution in [-0.4, -0.2) is 37.0 Å². The molecule has 1 heterocycles. The number of likely N-dealkylation sites (tertiary alicyclic amines) is 1. The molecule has 4 nitrogen and oxygen atoms in total. The van der Waals surface area contributed by atoms with Gasteiger partial charge in [-0.3, -0.25) is 9.69 Å². The average molecular weight is 332 g/mol. The van der Waals surface area contributed by atoms with Gasteiger partial charge in [0, 0.05) is 19.6 Å². The van der Waals surface area contributed by atoms with Gasteiger partial charge in [-0.2, -0.15) is 0 Å². The summed E-state index contributed by atoms with van der Waals surface area (Å²) in [6.45, 7) is 8.58. The van der Waals surface area contributed by atoms with Crippen molar-refractivity contribution in [3.8, 4) is 0 Å². The Morgan fingerprint density at radius 3 is 2.38 bits per heavy atom. The molecule has 0 unspecified atom stereocenters. The molecule has 0 saturated carbocycles. The Labute approximate surface area is 146 Å². The summed E-state index contributed by atoms with van der Waals surface area (Å²) in [6.07, 6.45) is 3.92. The van der Waals surface area contributed by atoms with Crippen molar-refractivity contribution in [2.24, 2.45) is 17.1 Å². The third-order valence-corrected chi connectivity index (χ3v) is 5.73. The van der Waals surface area contributed by atoms with E-state index in [1.54, 1.807) is 0 Å². The fourth-order valence-corrected chi connectivity index (χ4v) is 3.57. The van der Waals surface area contributed by atoms with Crippen LogP contribution >= 0.6 is 0 Å². The molecule has 2 rings (SSSR count). The van der Waals surface area contributed by atoms with Gasteiger partial charge in [-0.15, -0.1) is 0 Å². The summed E-state index contributed by atoms with van der Waals surface area (Å²) in [4.78, 5) is 15.0. The molecule has 0 bridgehead atoms. The van der Waals surface area contributed by atoms with Crippen LogP contribution in [0.1, 0.15) is 45.1 Å². The Hall–Kier alpha value is -1.39. The SMILES string of the molecule is CCC(CC)(CN)C(=O)NCC1CCN(Cc2ccccc2)CC1. The van der Waals surface area contributed by atoms with E-state index in [1.807, 2.05) is 0 Å². The van der Waals surface area contributed by atoms with E-state index in [0.717, 1.165) is 51.9 Å². The summed E-state index contributed by atoms with van der Waals surface area (Å²) in [5.74, 6) is 0.729. The van der Waals surface area contributed by atoms with Crippen LogP contribution in [0.15, 0.2) is 30.3 Å². The number of nitrogens with two attached hydrogens (primary N) is 1. The monoisotopic (exact) mass is 331 g/mol. The largest absolute Gasteiger partial charge is 0.355 e. The first-order chi connectivity index (χ1) is 11.6. The summed E-state index contributed by atoms with van der Waals surface area (Å²) in [7, 11) is 0. The van der Waals surface area contributed by atoms with Crippen LogP contribution < -0.4 is 11.1 Å². The molecule has 1 aliphatic heterocycles. The number of nitrogens with zero attached hydrogens (tertiary/aromatic N) is 1. The molecule has 1 fully saturated rings. The normalized spacial score (nSPS) is 17.0. The molecule has 0 atom stereocenters. The first kappa shape index (κ1) is 18.9. The highest BCUT2D eigenvalue weighted by Gasteiger charge is 2.33. The molecule has 0 aromatic heterocycles. The molecule has 1 saturated heterocycles. The van der Waals surface area contributed by atoms with Crippen LogP contribution in [-0.2, 0) is 11.3 Å². The predicted molar refractivity (Wildman–Crippen MR) is 99.5 cm³/mol. The lowest BCUT2D eigenvalue weighted by atomic mass is 9.81. The third-order valence-electron chi connectivity index (χ3n) is 5.73. The second-order valence-electron chi connectivity index (χ2n) is 7.11. The van der Waals surface area contributed by atoms with Gasteiger partial charge in [-0.25, -0.2) is 0 Å². The molecule has 0 radical (unpaired) electrons. The highest BCUT2D eigenvalue weighted by Crippen LogP contribution is 2.25. The van der Waals surface area contributed by atoms with Crippen LogP contribution in [0.3, 0.4) is 0 Å². The predicted octanol–water partition coefficient (Wildman–Crippen LogP) is 2.78. The molecular weight excluding hydrogens is 298 g/mol. The van der Waals surface area contributed by atoms with Crippen molar-refractivity contribution in [3.63, 3.8) is 0 Å². The maximum atomic E-state index is 12.5. The van der Waals surface area contributed by atoms with Gasteiger partial charge in [-0.05, 0) is 50.3 Å². The Bertz CT molecular complexity index is 483. The van der Waals surface area contributed by atoms with E-state index in [-0.39, 0.29) is 11.3 Å². The molecular formula is C20H33N3O. The van der Waals surface area contributed by atoms with Gasteiger partial charge in [-0.1, -0.05) is 44.2 Å². The Morgan fingerprint density at radius 2 is 1.83 bits per heavy atom. The molecule has 0 spiro atoms. The summed E-state index contributed by atoms with van der Waals surface area (Å²) >= 11 is 0. The Kier molecular flexibility index (Phi) is 7.25. The second-order valence-corrected chi connectivity index (χ2v) is 7.11. The van der Waals surface area contributed by atoms with Crippen molar-refractivity contribution >= 4 is 5.91 Å². The zero-order chi connectivity index (χ0) is 17.4. The van der Waals surface area contributed by atoms with Crippen molar-refractivity contribution in [1.29, 1.82) is 0 Å². The molecule has 1 aromatic carbocycles. The minimum Gasteiger partial charge on any atom is -0.355 e. The fourth-order valence-electron chi connectivity index (χ4n) is 3.57. The molecule has 134 valence electrons. The summed E-state index contributed by atoms with van der Waals surface area (Å²) in [5, 5.41) is 3.17. The number of benzene rings is 1. The Morgan fingerprint density at radius 1 is 1.21 bits per heavy atom. The summed E-state index contributed by atoms with van der Waals surface area (Å²) < 4.78 is 0. The first-order valence-electron chi connectivity index (χ1n) is 9.38. The molecule has 3 N–H and O–H groups in total. The molecule has 24 heavy (non-hydrogen) atoms. The lowest BCUT2D eigenvalue weighted by Crippen LogP contribution is -2.47. The minimum absolute atomic E-state index is 0.140. The van der Waals surface area contributed by atoms with Gasteiger partial charge >= 0.3 is 0 Å². The zero-order valence-electron chi connectivity index (χ0n) is 15.3. The highest BCUT2D eigenvalue weighted by molar-refractivity contribution is 5.82. The number of carbonyl (C=O) groups is 1. The molecule has 1 aliphatic rings.